The fourth-order valence-corrected chi connectivity index (χ4v) is 5.02. The van der Waals surface area contributed by atoms with Gasteiger partial charge in [0.15, 0.2) is 0 Å². The van der Waals surface area contributed by atoms with E-state index < -0.39 is 11.2 Å². The molecule has 2 aliphatic rings. The topological polar surface area (TPSA) is 9.23 Å². The minimum absolute atomic E-state index is 0.565. The molecule has 27 heavy (non-hydrogen) atoms. The maximum absolute atomic E-state index is 7.16. The largest absolute Gasteiger partial charge is 0.340 e. The van der Waals surface area contributed by atoms with Crippen molar-refractivity contribution in [2.45, 2.75) is 11.2 Å². The number of rotatable bonds is 2. The Kier molecular flexibility index (Phi) is 2.87. The molecular formula is C26H18O. The zero-order valence-corrected chi connectivity index (χ0v) is 14.8. The van der Waals surface area contributed by atoms with E-state index in [0.29, 0.717) is 0 Å². The second-order valence-corrected chi connectivity index (χ2v) is 7.29. The molecule has 0 radical (unpaired) electrons. The van der Waals surface area contributed by atoms with Gasteiger partial charge < -0.3 is 4.74 Å². The lowest BCUT2D eigenvalue weighted by atomic mass is 9.68. The first-order chi connectivity index (χ1) is 13.4. The summed E-state index contributed by atoms with van der Waals surface area (Å²) < 4.78 is 7.16. The summed E-state index contributed by atoms with van der Waals surface area (Å²) in [6.07, 6.45) is 0. The van der Waals surface area contributed by atoms with E-state index in [1.165, 1.54) is 33.4 Å². The van der Waals surface area contributed by atoms with Gasteiger partial charge in [0.05, 0.1) is 0 Å². The highest BCUT2D eigenvalue weighted by Crippen LogP contribution is 2.65. The minimum atomic E-state index is -0.565. The van der Waals surface area contributed by atoms with Crippen molar-refractivity contribution in [2.24, 2.45) is 0 Å². The summed E-state index contributed by atoms with van der Waals surface area (Å²) in [5.41, 5.74) is 6.23. The summed E-state index contributed by atoms with van der Waals surface area (Å²) in [6, 6.07) is 38.6. The smallest absolute Gasteiger partial charge is 0.146 e. The van der Waals surface area contributed by atoms with Crippen LogP contribution in [-0.2, 0) is 15.9 Å². The van der Waals surface area contributed by atoms with E-state index in [-0.39, 0.29) is 0 Å². The molecule has 0 saturated carbocycles. The fourth-order valence-electron chi connectivity index (χ4n) is 5.02. The number of benzene rings is 4. The Hall–Kier alpha value is -3.16. The van der Waals surface area contributed by atoms with Gasteiger partial charge in [0.1, 0.15) is 11.2 Å². The lowest BCUT2D eigenvalue weighted by Crippen LogP contribution is -2.26. The van der Waals surface area contributed by atoms with Crippen LogP contribution >= 0.6 is 0 Å². The van der Waals surface area contributed by atoms with E-state index in [2.05, 4.69) is 109 Å². The van der Waals surface area contributed by atoms with E-state index in [0.717, 1.165) is 0 Å². The molecule has 4 aromatic rings. The quantitative estimate of drug-likeness (QED) is 0.458. The third-order valence-corrected chi connectivity index (χ3v) is 6.04. The van der Waals surface area contributed by atoms with E-state index in [4.69, 9.17) is 4.74 Å². The van der Waals surface area contributed by atoms with Crippen LogP contribution in [0.3, 0.4) is 0 Å². The molecule has 0 unspecified atom stereocenters. The van der Waals surface area contributed by atoms with E-state index in [1.54, 1.807) is 0 Å². The van der Waals surface area contributed by atoms with E-state index in [1.807, 2.05) is 0 Å². The molecule has 0 fully saturated rings. The second kappa shape index (κ2) is 5.18. The van der Waals surface area contributed by atoms with Crippen molar-refractivity contribution in [3.05, 3.63) is 143 Å². The van der Waals surface area contributed by atoms with Gasteiger partial charge in [0.2, 0.25) is 0 Å². The minimum Gasteiger partial charge on any atom is -0.340 e. The summed E-state index contributed by atoms with van der Waals surface area (Å²) in [4.78, 5) is 0. The molecule has 2 bridgehead atoms. The average molecular weight is 346 g/mol. The highest BCUT2D eigenvalue weighted by molar-refractivity contribution is 5.69. The Labute approximate surface area is 158 Å². The molecule has 0 N–H and O–H groups in total. The number of fused-ring (bicyclic) bond motifs is 8. The van der Waals surface area contributed by atoms with Crippen molar-refractivity contribution in [3.63, 3.8) is 0 Å². The SMILES string of the molecule is c1ccc(C23OC(c4ccccc4)(c4ccccc42)c2ccccc23)cc1. The van der Waals surface area contributed by atoms with Gasteiger partial charge in [0.25, 0.3) is 0 Å². The third-order valence-electron chi connectivity index (χ3n) is 6.04. The van der Waals surface area contributed by atoms with Gasteiger partial charge in [-0.25, -0.2) is 0 Å². The molecule has 0 aromatic heterocycles. The van der Waals surface area contributed by atoms with Crippen molar-refractivity contribution in [2.75, 3.05) is 0 Å². The summed E-state index contributed by atoms with van der Waals surface area (Å²) in [7, 11) is 0. The monoisotopic (exact) mass is 346 g/mol. The Bertz CT molecular complexity index is 1010. The normalized spacial score (nSPS) is 24.4. The molecule has 0 aliphatic carbocycles. The summed E-state index contributed by atoms with van der Waals surface area (Å²) in [5.74, 6) is 0. The Balaban J connectivity index is 1.78. The third kappa shape index (κ3) is 1.68. The molecule has 1 heteroatoms. The maximum Gasteiger partial charge on any atom is 0.146 e. The summed E-state index contributed by atoms with van der Waals surface area (Å²) >= 11 is 0. The molecule has 4 aromatic carbocycles. The first kappa shape index (κ1) is 15.0. The highest BCUT2D eigenvalue weighted by atomic mass is 16.5. The molecule has 0 saturated heterocycles. The van der Waals surface area contributed by atoms with Crippen LogP contribution in [0.15, 0.2) is 109 Å². The fraction of sp³-hybridized carbons (Fsp3) is 0.0769. The van der Waals surface area contributed by atoms with E-state index in [9.17, 15) is 0 Å². The maximum atomic E-state index is 7.16. The van der Waals surface area contributed by atoms with Crippen LogP contribution in [0.1, 0.15) is 33.4 Å². The zero-order valence-electron chi connectivity index (χ0n) is 14.8. The van der Waals surface area contributed by atoms with Gasteiger partial charge in [-0.05, 0) is 33.4 Å². The molecular weight excluding hydrogens is 328 g/mol. The molecule has 0 spiro atoms. The highest BCUT2D eigenvalue weighted by Gasteiger charge is 2.63. The predicted molar refractivity (Wildman–Crippen MR) is 107 cm³/mol. The van der Waals surface area contributed by atoms with Crippen LogP contribution in [0.5, 0.6) is 0 Å². The Morgan fingerprint density at radius 2 is 0.667 bits per heavy atom. The molecule has 128 valence electrons. The zero-order chi connectivity index (χ0) is 17.9. The van der Waals surface area contributed by atoms with Crippen molar-refractivity contribution in [3.8, 4) is 0 Å². The molecule has 0 amide bonds. The number of ether oxygens (including phenoxy) is 1. The van der Waals surface area contributed by atoms with Gasteiger partial charge in [-0.1, -0.05) is 109 Å². The predicted octanol–water partition coefficient (Wildman–Crippen LogP) is 5.61. The van der Waals surface area contributed by atoms with Crippen molar-refractivity contribution in [1.82, 2.24) is 0 Å². The lowest BCUT2D eigenvalue weighted by Gasteiger charge is -2.30. The standard InChI is InChI=1S/C26H18O/c1-3-11-19(12-4-1)25-21-15-7-9-17-23(21)26(27-25,20-13-5-2-6-14-20)24-18-10-8-16-22(24)25/h1-18H. The molecule has 2 heterocycles. The van der Waals surface area contributed by atoms with Gasteiger partial charge >= 0.3 is 0 Å². The molecule has 1 nitrogen and oxygen atoms in total. The van der Waals surface area contributed by atoms with Crippen LogP contribution in [0.4, 0.5) is 0 Å². The van der Waals surface area contributed by atoms with Crippen molar-refractivity contribution < 1.29 is 4.74 Å². The lowest BCUT2D eigenvalue weighted by molar-refractivity contribution is -0.0257. The first-order valence-corrected chi connectivity index (χ1v) is 9.38. The molecule has 0 atom stereocenters. The van der Waals surface area contributed by atoms with E-state index >= 15 is 0 Å². The van der Waals surface area contributed by atoms with Gasteiger partial charge in [-0.3, -0.25) is 0 Å². The van der Waals surface area contributed by atoms with Crippen molar-refractivity contribution >= 4 is 0 Å². The van der Waals surface area contributed by atoms with Crippen LogP contribution in [0.2, 0.25) is 0 Å². The number of hydrogen-bond donors (Lipinski definition) is 0. The summed E-state index contributed by atoms with van der Waals surface area (Å²) in [5, 5.41) is 0. The van der Waals surface area contributed by atoms with Gasteiger partial charge in [-0.2, -0.15) is 0 Å². The van der Waals surface area contributed by atoms with Gasteiger partial charge in [0, 0.05) is 0 Å². The Morgan fingerprint density at radius 3 is 1.00 bits per heavy atom. The summed E-state index contributed by atoms with van der Waals surface area (Å²) in [6.45, 7) is 0. The van der Waals surface area contributed by atoms with Crippen LogP contribution in [-0.4, -0.2) is 0 Å². The van der Waals surface area contributed by atoms with Crippen LogP contribution in [0.25, 0.3) is 0 Å². The average Bonchev–Trinajstić information content (AvgIpc) is 3.25. The van der Waals surface area contributed by atoms with Crippen LogP contribution in [0, 0.1) is 0 Å². The van der Waals surface area contributed by atoms with Crippen LogP contribution < -0.4 is 0 Å². The second-order valence-electron chi connectivity index (χ2n) is 7.29. The van der Waals surface area contributed by atoms with Crippen molar-refractivity contribution in [1.29, 1.82) is 0 Å². The molecule has 2 aliphatic heterocycles. The Morgan fingerprint density at radius 1 is 0.370 bits per heavy atom. The molecule has 6 rings (SSSR count). The first-order valence-electron chi connectivity index (χ1n) is 9.38. The van der Waals surface area contributed by atoms with Gasteiger partial charge in [-0.15, -0.1) is 0 Å². The number of hydrogen-bond acceptors (Lipinski definition) is 1.